The molecular formula is C17H14N4O3. The van der Waals surface area contributed by atoms with Crippen LogP contribution in [0.2, 0.25) is 0 Å². The smallest absolute Gasteiger partial charge is 0.289 e. The molecule has 1 aromatic carbocycles. The zero-order chi connectivity index (χ0) is 17.3. The third kappa shape index (κ3) is 2.67. The van der Waals surface area contributed by atoms with E-state index in [-0.39, 0.29) is 16.9 Å². The minimum absolute atomic E-state index is 0.0777. The topological polar surface area (TPSA) is 86.8 Å². The summed E-state index contributed by atoms with van der Waals surface area (Å²) in [5, 5.41) is 0. The average Bonchev–Trinajstić information content (AvgIpc) is 2.63. The maximum Gasteiger partial charge on any atom is 0.332 e. The summed E-state index contributed by atoms with van der Waals surface area (Å²) < 4.78 is 2.23. The van der Waals surface area contributed by atoms with Crippen molar-refractivity contribution in [3.05, 3.63) is 74.7 Å². The lowest BCUT2D eigenvalue weighted by Crippen LogP contribution is -2.37. The molecule has 0 N–H and O–H groups in total. The number of fused-ring (bicyclic) bond motifs is 1. The van der Waals surface area contributed by atoms with Crippen molar-refractivity contribution < 1.29 is 4.79 Å². The zero-order valence-electron chi connectivity index (χ0n) is 13.1. The minimum atomic E-state index is -0.523. The largest absolute Gasteiger partial charge is 0.332 e. The Kier molecular flexibility index (Phi) is 3.91. The van der Waals surface area contributed by atoms with Gasteiger partial charge in [0.2, 0.25) is 0 Å². The molecule has 0 unspecified atom stereocenters. The number of aryl methyl sites for hydroxylation is 1. The summed E-state index contributed by atoms with van der Waals surface area (Å²) in [5.41, 5.74) is 0.210. The maximum absolute atomic E-state index is 12.2. The number of allylic oxidation sites excluding steroid dienone is 1. The standard InChI is InChI=1S/C17H14N4O3/c1-20-15-14(16(23)21(2)17(20)24)19-12(10-18-15)8-9-13(22)11-6-4-3-5-7-11/h3-10H,1-2H3/b9-8+. The van der Waals surface area contributed by atoms with E-state index in [0.29, 0.717) is 11.3 Å². The van der Waals surface area contributed by atoms with E-state index in [9.17, 15) is 14.4 Å². The van der Waals surface area contributed by atoms with Crippen molar-refractivity contribution in [2.24, 2.45) is 14.1 Å². The third-order valence-corrected chi connectivity index (χ3v) is 3.63. The van der Waals surface area contributed by atoms with Gasteiger partial charge in [-0.15, -0.1) is 0 Å². The number of ketones is 1. The molecule has 0 aliphatic carbocycles. The second kappa shape index (κ2) is 6.04. The molecule has 0 radical (unpaired) electrons. The second-order valence-electron chi connectivity index (χ2n) is 5.24. The van der Waals surface area contributed by atoms with Gasteiger partial charge >= 0.3 is 5.69 Å². The first-order valence-electron chi connectivity index (χ1n) is 7.19. The highest BCUT2D eigenvalue weighted by Gasteiger charge is 2.11. The molecule has 2 aromatic heterocycles. The van der Waals surface area contributed by atoms with E-state index in [0.717, 1.165) is 4.57 Å². The molecular weight excluding hydrogens is 308 g/mol. The van der Waals surface area contributed by atoms with Crippen LogP contribution in [0.4, 0.5) is 0 Å². The van der Waals surface area contributed by atoms with Gasteiger partial charge in [0.15, 0.2) is 16.9 Å². The highest BCUT2D eigenvalue weighted by Crippen LogP contribution is 2.06. The van der Waals surface area contributed by atoms with Crippen LogP contribution in [-0.4, -0.2) is 24.9 Å². The van der Waals surface area contributed by atoms with Gasteiger partial charge < -0.3 is 0 Å². The lowest BCUT2D eigenvalue weighted by Gasteiger charge is -2.05. The summed E-state index contributed by atoms with van der Waals surface area (Å²) in [6.07, 6.45) is 4.28. The molecule has 3 aromatic rings. The van der Waals surface area contributed by atoms with Crippen LogP contribution in [0.1, 0.15) is 16.1 Å². The molecule has 0 atom stereocenters. The first-order chi connectivity index (χ1) is 11.5. The number of benzene rings is 1. The highest BCUT2D eigenvalue weighted by molar-refractivity contribution is 6.06. The van der Waals surface area contributed by atoms with Gasteiger partial charge in [-0.25, -0.2) is 14.8 Å². The molecule has 7 nitrogen and oxygen atoms in total. The van der Waals surface area contributed by atoms with Crippen molar-refractivity contribution in [1.29, 1.82) is 0 Å². The van der Waals surface area contributed by atoms with E-state index >= 15 is 0 Å². The Labute approximate surface area is 136 Å². The molecule has 0 saturated heterocycles. The van der Waals surface area contributed by atoms with E-state index in [1.54, 1.807) is 24.3 Å². The molecule has 24 heavy (non-hydrogen) atoms. The summed E-state index contributed by atoms with van der Waals surface area (Å²) in [6.45, 7) is 0. The molecule has 0 fully saturated rings. The number of hydrogen-bond acceptors (Lipinski definition) is 5. The van der Waals surface area contributed by atoms with Crippen molar-refractivity contribution in [3.63, 3.8) is 0 Å². The SMILES string of the molecule is Cn1c(=O)c2nc(/C=C/C(=O)c3ccccc3)cnc2n(C)c1=O. The molecule has 0 spiro atoms. The van der Waals surface area contributed by atoms with Crippen molar-refractivity contribution in [3.8, 4) is 0 Å². The van der Waals surface area contributed by atoms with Crippen LogP contribution >= 0.6 is 0 Å². The maximum atomic E-state index is 12.2. The molecule has 0 aliphatic rings. The first kappa shape index (κ1) is 15.5. The van der Waals surface area contributed by atoms with Crippen LogP contribution < -0.4 is 11.2 Å². The zero-order valence-corrected chi connectivity index (χ0v) is 13.1. The number of hydrogen-bond donors (Lipinski definition) is 0. The second-order valence-corrected chi connectivity index (χ2v) is 5.24. The summed E-state index contributed by atoms with van der Waals surface area (Å²) in [4.78, 5) is 44.4. The number of nitrogens with zero attached hydrogens (tertiary/aromatic N) is 4. The fourth-order valence-corrected chi connectivity index (χ4v) is 2.29. The Morgan fingerprint density at radius 2 is 1.79 bits per heavy atom. The van der Waals surface area contributed by atoms with Crippen LogP contribution in [0.3, 0.4) is 0 Å². The molecule has 0 amide bonds. The lowest BCUT2D eigenvalue weighted by molar-refractivity contribution is 0.104. The Morgan fingerprint density at radius 3 is 2.50 bits per heavy atom. The summed E-state index contributed by atoms with van der Waals surface area (Å²) >= 11 is 0. The van der Waals surface area contributed by atoms with E-state index in [2.05, 4.69) is 9.97 Å². The van der Waals surface area contributed by atoms with Crippen LogP contribution in [0.5, 0.6) is 0 Å². The molecule has 120 valence electrons. The fourth-order valence-electron chi connectivity index (χ4n) is 2.29. The van der Waals surface area contributed by atoms with Crippen LogP contribution in [0, 0.1) is 0 Å². The van der Waals surface area contributed by atoms with Gasteiger partial charge in [-0.2, -0.15) is 0 Å². The number of carbonyl (C=O) groups is 1. The van der Waals surface area contributed by atoms with Gasteiger partial charge in [-0.05, 0) is 12.2 Å². The van der Waals surface area contributed by atoms with Gasteiger partial charge in [0.25, 0.3) is 5.56 Å². The summed E-state index contributed by atoms with van der Waals surface area (Å²) in [7, 11) is 2.90. The third-order valence-electron chi connectivity index (χ3n) is 3.63. The molecule has 0 saturated carbocycles. The van der Waals surface area contributed by atoms with Gasteiger partial charge in [0.1, 0.15) is 0 Å². The van der Waals surface area contributed by atoms with Crippen LogP contribution in [-0.2, 0) is 14.1 Å². The Bertz CT molecular complexity index is 1080. The Balaban J connectivity index is 2.03. The van der Waals surface area contributed by atoms with Gasteiger partial charge in [-0.3, -0.25) is 18.7 Å². The molecule has 7 heteroatoms. The van der Waals surface area contributed by atoms with Crippen LogP contribution in [0.15, 0.2) is 52.2 Å². The van der Waals surface area contributed by atoms with Gasteiger partial charge in [0, 0.05) is 19.7 Å². The van der Waals surface area contributed by atoms with E-state index < -0.39 is 11.2 Å². The predicted octanol–water partition coefficient (Wildman–Crippen LogP) is 0.923. The number of carbonyl (C=O) groups excluding carboxylic acids is 1. The normalized spacial score (nSPS) is 11.2. The predicted molar refractivity (Wildman–Crippen MR) is 89.8 cm³/mol. The molecule has 0 bridgehead atoms. The van der Waals surface area contributed by atoms with E-state index in [1.807, 2.05) is 6.07 Å². The van der Waals surface area contributed by atoms with Crippen molar-refractivity contribution in [2.75, 3.05) is 0 Å². The lowest BCUT2D eigenvalue weighted by atomic mass is 10.1. The Morgan fingerprint density at radius 1 is 1.08 bits per heavy atom. The molecule has 3 rings (SSSR count). The van der Waals surface area contributed by atoms with E-state index in [1.165, 1.54) is 37.0 Å². The Hall–Kier alpha value is -3.35. The fraction of sp³-hybridized carbons (Fsp3) is 0.118. The summed E-state index contributed by atoms with van der Waals surface area (Å²) in [6, 6.07) is 8.81. The minimum Gasteiger partial charge on any atom is -0.289 e. The van der Waals surface area contributed by atoms with E-state index in [4.69, 9.17) is 0 Å². The van der Waals surface area contributed by atoms with Crippen LogP contribution in [0.25, 0.3) is 17.2 Å². The first-order valence-corrected chi connectivity index (χ1v) is 7.19. The van der Waals surface area contributed by atoms with Gasteiger partial charge in [0.05, 0.1) is 11.9 Å². The van der Waals surface area contributed by atoms with Crippen molar-refractivity contribution in [1.82, 2.24) is 19.1 Å². The molecule has 2 heterocycles. The summed E-state index contributed by atoms with van der Waals surface area (Å²) in [5.74, 6) is -0.175. The average molecular weight is 322 g/mol. The highest BCUT2D eigenvalue weighted by atomic mass is 16.2. The molecule has 0 aliphatic heterocycles. The number of aromatic nitrogens is 4. The van der Waals surface area contributed by atoms with Crippen molar-refractivity contribution >= 4 is 23.0 Å². The van der Waals surface area contributed by atoms with Crippen molar-refractivity contribution in [2.45, 2.75) is 0 Å². The monoisotopic (exact) mass is 322 g/mol. The van der Waals surface area contributed by atoms with Gasteiger partial charge in [-0.1, -0.05) is 30.3 Å². The number of rotatable bonds is 3. The quantitative estimate of drug-likeness (QED) is 0.529.